The van der Waals surface area contributed by atoms with Crippen LogP contribution in [0.3, 0.4) is 0 Å². The number of hydrogen-bond donors (Lipinski definition) is 2. The highest BCUT2D eigenvalue weighted by Crippen LogP contribution is 2.23. The van der Waals surface area contributed by atoms with E-state index in [2.05, 4.69) is 15.0 Å². The van der Waals surface area contributed by atoms with Crippen LogP contribution in [0.5, 0.6) is 0 Å². The lowest BCUT2D eigenvalue weighted by Crippen LogP contribution is -2.23. The molecule has 0 aliphatic rings. The third-order valence-electron chi connectivity index (χ3n) is 3.80. The largest absolute Gasteiger partial charge is 0.298 e. The molecule has 0 atom stereocenters. The number of nitrogens with zero attached hydrogens (tertiary/aromatic N) is 1. The predicted octanol–water partition coefficient (Wildman–Crippen LogP) is 3.94. The molecule has 3 aromatic rings. The maximum Gasteiger partial charge on any atom is 0.257 e. The number of carbonyl (C=O) groups is 1. The molecule has 0 bridgehead atoms. The Bertz CT molecular complexity index is 1080. The van der Waals surface area contributed by atoms with E-state index in [0.29, 0.717) is 28.7 Å². The van der Waals surface area contributed by atoms with Gasteiger partial charge in [0.05, 0.1) is 4.90 Å². The quantitative estimate of drug-likeness (QED) is 0.588. The molecule has 0 saturated heterocycles. The van der Waals surface area contributed by atoms with Crippen LogP contribution in [-0.2, 0) is 16.4 Å². The van der Waals surface area contributed by atoms with Gasteiger partial charge in [0.15, 0.2) is 5.13 Å². The second-order valence-electron chi connectivity index (χ2n) is 5.92. The van der Waals surface area contributed by atoms with Crippen LogP contribution in [0.4, 0.5) is 5.13 Å². The maximum absolute atomic E-state index is 12.4. The van der Waals surface area contributed by atoms with Crippen molar-refractivity contribution in [2.75, 3.05) is 11.9 Å². The SMILES string of the molecule is CCNS(=O)(=O)c1ccc(C(=O)Nc2ncc(Cc3cccc(Cl)c3)s2)cc1. The molecule has 0 aliphatic heterocycles. The molecule has 0 unspecified atom stereocenters. The Labute approximate surface area is 172 Å². The summed E-state index contributed by atoms with van der Waals surface area (Å²) in [6.45, 7) is 2.00. The lowest BCUT2D eigenvalue weighted by Gasteiger charge is -2.06. The number of nitrogens with one attached hydrogen (secondary N) is 2. The molecular weight excluding hydrogens is 418 g/mol. The number of benzene rings is 2. The summed E-state index contributed by atoms with van der Waals surface area (Å²) in [4.78, 5) is 17.7. The molecule has 0 spiro atoms. The average molecular weight is 436 g/mol. The van der Waals surface area contributed by atoms with Crippen LogP contribution in [-0.4, -0.2) is 25.9 Å². The number of sulfonamides is 1. The molecule has 1 heterocycles. The highest BCUT2D eigenvalue weighted by Gasteiger charge is 2.14. The molecule has 0 radical (unpaired) electrons. The second kappa shape index (κ2) is 8.83. The minimum Gasteiger partial charge on any atom is -0.298 e. The topological polar surface area (TPSA) is 88.2 Å². The minimum atomic E-state index is -3.54. The van der Waals surface area contributed by atoms with Crippen molar-refractivity contribution in [3.63, 3.8) is 0 Å². The van der Waals surface area contributed by atoms with E-state index in [1.54, 1.807) is 13.1 Å². The van der Waals surface area contributed by atoms with Crippen LogP contribution < -0.4 is 10.0 Å². The van der Waals surface area contributed by atoms with E-state index in [-0.39, 0.29) is 10.8 Å². The summed E-state index contributed by atoms with van der Waals surface area (Å²) in [6.07, 6.45) is 2.39. The van der Waals surface area contributed by atoms with Crippen LogP contribution >= 0.6 is 22.9 Å². The van der Waals surface area contributed by atoms with Gasteiger partial charge in [0.25, 0.3) is 5.91 Å². The highest BCUT2D eigenvalue weighted by atomic mass is 35.5. The zero-order chi connectivity index (χ0) is 20.1. The van der Waals surface area contributed by atoms with Gasteiger partial charge in [-0.25, -0.2) is 18.1 Å². The van der Waals surface area contributed by atoms with Crippen molar-refractivity contribution in [3.05, 3.63) is 75.8 Å². The second-order valence-corrected chi connectivity index (χ2v) is 9.24. The fourth-order valence-corrected chi connectivity index (χ4v) is 4.62. The van der Waals surface area contributed by atoms with E-state index in [4.69, 9.17) is 11.6 Å². The Balaban J connectivity index is 1.66. The Morgan fingerprint density at radius 3 is 2.61 bits per heavy atom. The van der Waals surface area contributed by atoms with Crippen LogP contribution in [0.25, 0.3) is 0 Å². The van der Waals surface area contributed by atoms with E-state index in [1.165, 1.54) is 35.6 Å². The molecule has 2 aromatic carbocycles. The number of aromatic nitrogens is 1. The molecular formula is C19H18ClN3O3S2. The van der Waals surface area contributed by atoms with Crippen LogP contribution in [0, 0.1) is 0 Å². The van der Waals surface area contributed by atoms with Gasteiger partial charge in [-0.1, -0.05) is 30.7 Å². The van der Waals surface area contributed by atoms with Gasteiger partial charge in [0, 0.05) is 34.6 Å². The van der Waals surface area contributed by atoms with Gasteiger partial charge >= 0.3 is 0 Å². The number of amides is 1. The fourth-order valence-electron chi connectivity index (χ4n) is 2.52. The summed E-state index contributed by atoms with van der Waals surface area (Å²) < 4.78 is 26.3. The molecule has 0 saturated carbocycles. The summed E-state index contributed by atoms with van der Waals surface area (Å²) in [7, 11) is -3.54. The number of carbonyl (C=O) groups excluding carboxylic acids is 1. The van der Waals surface area contributed by atoms with Gasteiger partial charge in [-0.2, -0.15) is 0 Å². The van der Waals surface area contributed by atoms with Crippen LogP contribution in [0.2, 0.25) is 5.02 Å². The third kappa shape index (κ3) is 5.17. The van der Waals surface area contributed by atoms with Gasteiger partial charge in [-0.05, 0) is 42.0 Å². The molecule has 9 heteroatoms. The first kappa shape index (κ1) is 20.5. The van der Waals surface area contributed by atoms with Crippen molar-refractivity contribution in [2.45, 2.75) is 18.2 Å². The van der Waals surface area contributed by atoms with E-state index in [1.807, 2.05) is 24.3 Å². The Kier molecular flexibility index (Phi) is 6.46. The molecule has 0 fully saturated rings. The fraction of sp³-hybridized carbons (Fsp3) is 0.158. The van der Waals surface area contributed by atoms with E-state index < -0.39 is 10.0 Å². The normalized spacial score (nSPS) is 11.4. The lowest BCUT2D eigenvalue weighted by atomic mass is 10.1. The van der Waals surface area contributed by atoms with Crippen molar-refractivity contribution in [1.29, 1.82) is 0 Å². The minimum absolute atomic E-state index is 0.115. The Hall–Kier alpha value is -2.26. The zero-order valence-corrected chi connectivity index (χ0v) is 17.4. The zero-order valence-electron chi connectivity index (χ0n) is 15.0. The van der Waals surface area contributed by atoms with Gasteiger partial charge in [0.2, 0.25) is 10.0 Å². The summed E-state index contributed by atoms with van der Waals surface area (Å²) in [5, 5.41) is 3.89. The molecule has 0 aliphatic carbocycles. The van der Waals surface area contributed by atoms with Crippen molar-refractivity contribution >= 4 is 44.0 Å². The summed E-state index contributed by atoms with van der Waals surface area (Å²) in [5.74, 6) is -0.351. The van der Waals surface area contributed by atoms with Gasteiger partial charge in [0.1, 0.15) is 0 Å². The maximum atomic E-state index is 12.4. The molecule has 6 nitrogen and oxygen atoms in total. The smallest absolute Gasteiger partial charge is 0.257 e. The van der Waals surface area contributed by atoms with Crippen molar-refractivity contribution in [2.24, 2.45) is 0 Å². The standard InChI is InChI=1S/C19H18ClN3O3S2/c1-2-22-28(25,26)17-8-6-14(7-9-17)18(24)23-19-21-12-16(27-19)11-13-4-3-5-15(20)10-13/h3-10,12,22H,2,11H2,1H3,(H,21,23,24). The van der Waals surface area contributed by atoms with E-state index in [9.17, 15) is 13.2 Å². The predicted molar refractivity (Wildman–Crippen MR) is 112 cm³/mol. The number of anilines is 1. The van der Waals surface area contributed by atoms with E-state index in [0.717, 1.165) is 10.4 Å². The lowest BCUT2D eigenvalue weighted by molar-refractivity contribution is 0.102. The molecule has 146 valence electrons. The highest BCUT2D eigenvalue weighted by molar-refractivity contribution is 7.89. The Morgan fingerprint density at radius 2 is 1.93 bits per heavy atom. The first-order valence-electron chi connectivity index (χ1n) is 8.47. The first-order chi connectivity index (χ1) is 13.4. The number of thiazole rings is 1. The third-order valence-corrected chi connectivity index (χ3v) is 6.51. The van der Waals surface area contributed by atoms with Gasteiger partial charge in [-0.3, -0.25) is 10.1 Å². The molecule has 3 rings (SSSR count). The molecule has 2 N–H and O–H groups in total. The summed E-state index contributed by atoms with van der Waals surface area (Å²) in [6, 6.07) is 13.3. The number of halogens is 1. The molecule has 28 heavy (non-hydrogen) atoms. The average Bonchev–Trinajstić information content (AvgIpc) is 3.08. The van der Waals surface area contributed by atoms with Crippen LogP contribution in [0.15, 0.2) is 59.6 Å². The van der Waals surface area contributed by atoms with Crippen molar-refractivity contribution in [1.82, 2.24) is 9.71 Å². The number of rotatable bonds is 7. The van der Waals surface area contributed by atoms with Crippen LogP contribution in [0.1, 0.15) is 27.7 Å². The van der Waals surface area contributed by atoms with Gasteiger partial charge in [-0.15, -0.1) is 11.3 Å². The van der Waals surface area contributed by atoms with E-state index >= 15 is 0 Å². The van der Waals surface area contributed by atoms with Gasteiger partial charge < -0.3 is 0 Å². The molecule has 1 aromatic heterocycles. The number of hydrogen-bond acceptors (Lipinski definition) is 5. The Morgan fingerprint density at radius 1 is 1.18 bits per heavy atom. The van der Waals surface area contributed by atoms with Crippen molar-refractivity contribution < 1.29 is 13.2 Å². The summed E-state index contributed by atoms with van der Waals surface area (Å²) in [5.41, 5.74) is 1.41. The van der Waals surface area contributed by atoms with Crippen molar-refractivity contribution in [3.8, 4) is 0 Å². The monoisotopic (exact) mass is 435 g/mol. The molecule has 1 amide bonds. The first-order valence-corrected chi connectivity index (χ1v) is 11.2. The summed E-state index contributed by atoms with van der Waals surface area (Å²) >= 11 is 7.38.